The lowest BCUT2D eigenvalue weighted by molar-refractivity contribution is 0.392. The van der Waals surface area contributed by atoms with Crippen molar-refractivity contribution in [3.63, 3.8) is 0 Å². The van der Waals surface area contributed by atoms with Gasteiger partial charge >= 0.3 is 0 Å². The maximum absolute atomic E-state index is 5.93. The predicted molar refractivity (Wildman–Crippen MR) is 65.1 cm³/mol. The van der Waals surface area contributed by atoms with Gasteiger partial charge in [0.2, 0.25) is 0 Å². The second kappa shape index (κ2) is 4.71. The Morgan fingerprint density at radius 3 is 2.59 bits per heavy atom. The van der Waals surface area contributed by atoms with Crippen LogP contribution in [0.2, 0.25) is 5.15 Å². The quantitative estimate of drug-likeness (QED) is 0.910. The highest BCUT2D eigenvalue weighted by Crippen LogP contribution is 2.26. The Kier molecular flexibility index (Phi) is 3.28. The number of hydrogen-bond donors (Lipinski definition) is 1. The molecule has 0 aliphatic rings. The molecule has 17 heavy (non-hydrogen) atoms. The molecule has 0 saturated carbocycles. The van der Waals surface area contributed by atoms with E-state index in [1.54, 1.807) is 12.4 Å². The molecule has 90 valence electrons. The lowest BCUT2D eigenvalue weighted by Crippen LogP contribution is -2.10. The first kappa shape index (κ1) is 11.9. The number of aryl methyl sites for hydroxylation is 2. The zero-order valence-electron chi connectivity index (χ0n) is 9.86. The molecule has 6 heteroatoms. The fourth-order valence-electron chi connectivity index (χ4n) is 1.80. The summed E-state index contributed by atoms with van der Waals surface area (Å²) < 4.78 is 5.13. The average molecular weight is 253 g/mol. The Morgan fingerprint density at radius 1 is 1.29 bits per heavy atom. The van der Waals surface area contributed by atoms with Crippen molar-refractivity contribution >= 4 is 17.4 Å². The zero-order valence-corrected chi connectivity index (χ0v) is 10.6. The minimum Gasteiger partial charge on any atom is -0.361 e. The number of anilines is 1. The van der Waals surface area contributed by atoms with E-state index in [1.165, 1.54) is 0 Å². The fourth-order valence-corrected chi connectivity index (χ4v) is 1.96. The van der Waals surface area contributed by atoms with Gasteiger partial charge in [-0.1, -0.05) is 16.8 Å². The standard InChI is InChI=1S/C11H13ClN4O/c1-6(9-7(2)16-17-8(9)3)15-11-10(12)13-4-5-14-11/h4-6H,1-3H3,(H,14,15). The summed E-state index contributed by atoms with van der Waals surface area (Å²) in [6, 6.07) is 0.00968. The number of hydrogen-bond acceptors (Lipinski definition) is 5. The maximum Gasteiger partial charge on any atom is 0.171 e. The van der Waals surface area contributed by atoms with E-state index in [4.69, 9.17) is 16.1 Å². The van der Waals surface area contributed by atoms with Crippen LogP contribution >= 0.6 is 11.6 Å². The average Bonchev–Trinajstić information content (AvgIpc) is 2.62. The molecule has 2 heterocycles. The maximum atomic E-state index is 5.93. The number of halogens is 1. The van der Waals surface area contributed by atoms with Gasteiger partial charge < -0.3 is 9.84 Å². The van der Waals surface area contributed by atoms with Crippen LogP contribution in [0.1, 0.15) is 30.0 Å². The first-order valence-electron chi connectivity index (χ1n) is 5.25. The summed E-state index contributed by atoms with van der Waals surface area (Å²) in [6.07, 6.45) is 3.14. The van der Waals surface area contributed by atoms with Gasteiger partial charge in [-0.15, -0.1) is 0 Å². The van der Waals surface area contributed by atoms with E-state index in [-0.39, 0.29) is 6.04 Å². The van der Waals surface area contributed by atoms with Crippen LogP contribution in [-0.2, 0) is 0 Å². The Morgan fingerprint density at radius 2 is 2.00 bits per heavy atom. The highest BCUT2D eigenvalue weighted by molar-refractivity contribution is 6.31. The molecule has 1 unspecified atom stereocenters. The van der Waals surface area contributed by atoms with Crippen LogP contribution in [0.4, 0.5) is 5.82 Å². The van der Waals surface area contributed by atoms with Crippen molar-refractivity contribution in [1.29, 1.82) is 0 Å². The lowest BCUT2D eigenvalue weighted by Gasteiger charge is -2.14. The molecule has 0 aliphatic carbocycles. The van der Waals surface area contributed by atoms with Gasteiger partial charge in [-0.3, -0.25) is 0 Å². The van der Waals surface area contributed by atoms with Crippen molar-refractivity contribution in [3.8, 4) is 0 Å². The van der Waals surface area contributed by atoms with E-state index < -0.39 is 0 Å². The highest BCUT2D eigenvalue weighted by atomic mass is 35.5. The monoisotopic (exact) mass is 252 g/mol. The van der Waals surface area contributed by atoms with E-state index in [0.29, 0.717) is 11.0 Å². The minimum absolute atomic E-state index is 0.00968. The number of nitrogens with zero attached hydrogens (tertiary/aromatic N) is 3. The van der Waals surface area contributed by atoms with Crippen LogP contribution in [0.5, 0.6) is 0 Å². The van der Waals surface area contributed by atoms with Gasteiger partial charge in [0.1, 0.15) is 5.76 Å². The Labute approximate surface area is 104 Å². The highest BCUT2D eigenvalue weighted by Gasteiger charge is 2.17. The normalized spacial score (nSPS) is 12.5. The van der Waals surface area contributed by atoms with Crippen molar-refractivity contribution in [2.45, 2.75) is 26.8 Å². The van der Waals surface area contributed by atoms with E-state index in [1.807, 2.05) is 20.8 Å². The summed E-state index contributed by atoms with van der Waals surface area (Å²) in [6.45, 7) is 5.78. The first-order chi connectivity index (χ1) is 8.09. The van der Waals surface area contributed by atoms with Crippen molar-refractivity contribution in [1.82, 2.24) is 15.1 Å². The predicted octanol–water partition coefficient (Wildman–Crippen LogP) is 2.91. The molecular weight excluding hydrogens is 240 g/mol. The molecule has 0 spiro atoms. The van der Waals surface area contributed by atoms with Crippen LogP contribution in [-0.4, -0.2) is 15.1 Å². The number of aromatic nitrogens is 3. The molecule has 0 amide bonds. The summed E-state index contributed by atoms with van der Waals surface area (Å²) in [5.74, 6) is 1.35. The molecule has 0 aromatic carbocycles. The van der Waals surface area contributed by atoms with Crippen molar-refractivity contribution in [2.75, 3.05) is 5.32 Å². The van der Waals surface area contributed by atoms with Crippen LogP contribution in [0, 0.1) is 13.8 Å². The summed E-state index contributed by atoms with van der Waals surface area (Å²) >= 11 is 5.93. The van der Waals surface area contributed by atoms with Gasteiger partial charge in [-0.2, -0.15) is 0 Å². The van der Waals surface area contributed by atoms with Crippen LogP contribution in [0.3, 0.4) is 0 Å². The first-order valence-corrected chi connectivity index (χ1v) is 5.63. The van der Waals surface area contributed by atoms with Crippen LogP contribution < -0.4 is 5.32 Å². The van der Waals surface area contributed by atoms with Gasteiger partial charge in [-0.05, 0) is 20.8 Å². The topological polar surface area (TPSA) is 63.8 Å². The Bertz CT molecular complexity index is 506. The van der Waals surface area contributed by atoms with Crippen molar-refractivity contribution < 1.29 is 4.52 Å². The molecule has 0 fully saturated rings. The molecular formula is C11H13ClN4O. The van der Waals surface area contributed by atoms with Gasteiger partial charge in [0.25, 0.3) is 0 Å². The second-order valence-corrected chi connectivity index (χ2v) is 4.16. The number of nitrogens with one attached hydrogen (secondary N) is 1. The molecule has 2 aromatic heterocycles. The van der Waals surface area contributed by atoms with Crippen molar-refractivity contribution in [2.24, 2.45) is 0 Å². The van der Waals surface area contributed by atoms with Gasteiger partial charge in [0, 0.05) is 18.0 Å². The van der Waals surface area contributed by atoms with E-state index in [9.17, 15) is 0 Å². The fraction of sp³-hybridized carbons (Fsp3) is 0.364. The van der Waals surface area contributed by atoms with Crippen LogP contribution in [0.15, 0.2) is 16.9 Å². The third kappa shape index (κ3) is 2.39. The molecule has 2 rings (SSSR count). The second-order valence-electron chi connectivity index (χ2n) is 3.80. The lowest BCUT2D eigenvalue weighted by atomic mass is 10.1. The van der Waals surface area contributed by atoms with Gasteiger partial charge in [-0.25, -0.2) is 9.97 Å². The summed E-state index contributed by atoms with van der Waals surface area (Å²) in [7, 11) is 0. The van der Waals surface area contributed by atoms with Gasteiger partial charge in [0.05, 0.1) is 11.7 Å². The largest absolute Gasteiger partial charge is 0.361 e. The third-order valence-corrected chi connectivity index (χ3v) is 2.81. The molecule has 5 nitrogen and oxygen atoms in total. The minimum atomic E-state index is 0.00968. The van der Waals surface area contributed by atoms with E-state index in [2.05, 4.69) is 20.4 Å². The van der Waals surface area contributed by atoms with Gasteiger partial charge in [0.15, 0.2) is 11.0 Å². The summed E-state index contributed by atoms with van der Waals surface area (Å²) in [4.78, 5) is 8.09. The molecule has 0 saturated heterocycles. The summed E-state index contributed by atoms with van der Waals surface area (Å²) in [5.41, 5.74) is 1.88. The molecule has 1 N–H and O–H groups in total. The SMILES string of the molecule is Cc1noc(C)c1C(C)Nc1nccnc1Cl. The molecule has 0 radical (unpaired) electrons. The van der Waals surface area contributed by atoms with E-state index >= 15 is 0 Å². The summed E-state index contributed by atoms with van der Waals surface area (Å²) in [5, 5.41) is 7.46. The molecule has 0 aliphatic heterocycles. The number of rotatable bonds is 3. The van der Waals surface area contributed by atoms with Crippen LogP contribution in [0.25, 0.3) is 0 Å². The van der Waals surface area contributed by atoms with E-state index in [0.717, 1.165) is 17.0 Å². The molecule has 2 aromatic rings. The zero-order chi connectivity index (χ0) is 12.4. The molecule has 1 atom stereocenters. The Balaban J connectivity index is 2.23. The third-order valence-electron chi connectivity index (χ3n) is 2.53. The molecule has 0 bridgehead atoms. The van der Waals surface area contributed by atoms with Crippen molar-refractivity contribution in [3.05, 3.63) is 34.6 Å². The Hall–Kier alpha value is -1.62. The smallest absolute Gasteiger partial charge is 0.171 e.